The Hall–Kier alpha value is -0.420. The van der Waals surface area contributed by atoms with Gasteiger partial charge in [-0.2, -0.15) is 0 Å². The number of rotatable bonds is 6. The van der Waals surface area contributed by atoms with E-state index < -0.39 is 5.79 Å². The third-order valence-electron chi connectivity index (χ3n) is 3.69. The molecule has 19 heavy (non-hydrogen) atoms. The van der Waals surface area contributed by atoms with Gasteiger partial charge >= 0.3 is 0 Å². The first-order chi connectivity index (χ1) is 9.07. The summed E-state index contributed by atoms with van der Waals surface area (Å²) in [6, 6.07) is 0. The number of unbranched alkanes of at least 4 members (excludes halogenated alkanes) is 2. The van der Waals surface area contributed by atoms with Crippen LogP contribution in [0, 0.1) is 0 Å². The summed E-state index contributed by atoms with van der Waals surface area (Å²) >= 11 is 0. The summed E-state index contributed by atoms with van der Waals surface area (Å²) in [4.78, 5) is 0. The molecule has 1 N–H and O–H groups in total. The van der Waals surface area contributed by atoms with Crippen LogP contribution in [0.1, 0.15) is 46.5 Å². The molecule has 0 saturated carbocycles. The number of hydrogen-bond donors (Lipinski definition) is 1. The SMILES string of the molecule is CCCC/C=C/C[C@@H]1O[C@H](CO)[C@H]2OC(C)(C)O[C@H]21. The van der Waals surface area contributed by atoms with E-state index in [0.29, 0.717) is 0 Å². The Morgan fingerprint density at radius 1 is 1.11 bits per heavy atom. The lowest BCUT2D eigenvalue weighted by atomic mass is 10.1. The van der Waals surface area contributed by atoms with Crippen LogP contribution in [-0.2, 0) is 14.2 Å². The lowest BCUT2D eigenvalue weighted by Crippen LogP contribution is -2.31. The van der Waals surface area contributed by atoms with Crippen LogP contribution < -0.4 is 0 Å². The molecule has 110 valence electrons. The molecule has 0 unspecified atom stereocenters. The minimum absolute atomic E-state index is 0.0122. The van der Waals surface area contributed by atoms with Crippen LogP contribution in [0.4, 0.5) is 0 Å². The summed E-state index contributed by atoms with van der Waals surface area (Å²) in [5.41, 5.74) is 0. The Bertz CT molecular complexity index is 313. The van der Waals surface area contributed by atoms with E-state index in [-0.39, 0.29) is 31.0 Å². The van der Waals surface area contributed by atoms with Crippen molar-refractivity contribution in [1.29, 1.82) is 0 Å². The van der Waals surface area contributed by atoms with Crippen LogP contribution in [0.15, 0.2) is 12.2 Å². The Morgan fingerprint density at radius 3 is 2.42 bits per heavy atom. The standard InChI is InChI=1S/C15H26O4/c1-4-5-6-7-8-9-11-13-14(12(10-16)17-11)19-15(2,3)18-13/h7-8,11-14,16H,4-6,9-10H2,1-3H3/b8-7+/t11-,12+,13-,14+/m0/s1. The van der Waals surface area contributed by atoms with E-state index >= 15 is 0 Å². The summed E-state index contributed by atoms with van der Waals surface area (Å²) in [6.45, 7) is 5.99. The molecule has 2 aliphatic heterocycles. The van der Waals surface area contributed by atoms with Crippen LogP contribution in [-0.4, -0.2) is 41.9 Å². The average molecular weight is 270 g/mol. The van der Waals surface area contributed by atoms with Gasteiger partial charge in [0, 0.05) is 0 Å². The second kappa shape index (κ2) is 6.35. The van der Waals surface area contributed by atoms with Crippen molar-refractivity contribution in [3.63, 3.8) is 0 Å². The highest BCUT2D eigenvalue weighted by atomic mass is 16.8. The topological polar surface area (TPSA) is 47.9 Å². The number of allylic oxidation sites excluding steroid dienone is 1. The van der Waals surface area contributed by atoms with Crippen LogP contribution in [0.5, 0.6) is 0 Å². The lowest BCUT2D eigenvalue weighted by Gasteiger charge is -2.23. The molecule has 0 aromatic heterocycles. The molecular formula is C15H26O4. The second-order valence-electron chi connectivity index (χ2n) is 5.81. The van der Waals surface area contributed by atoms with Gasteiger partial charge < -0.3 is 19.3 Å². The molecule has 0 aliphatic carbocycles. The molecule has 0 amide bonds. The van der Waals surface area contributed by atoms with Gasteiger partial charge in [0.2, 0.25) is 0 Å². The van der Waals surface area contributed by atoms with Crippen LogP contribution in [0.2, 0.25) is 0 Å². The zero-order valence-electron chi connectivity index (χ0n) is 12.2. The summed E-state index contributed by atoms with van der Waals surface area (Å²) in [5, 5.41) is 9.36. The van der Waals surface area contributed by atoms with Crippen LogP contribution >= 0.6 is 0 Å². The largest absolute Gasteiger partial charge is 0.394 e. The molecule has 2 fully saturated rings. The molecule has 4 atom stereocenters. The van der Waals surface area contributed by atoms with Crippen molar-refractivity contribution in [2.45, 2.75) is 76.7 Å². The molecular weight excluding hydrogens is 244 g/mol. The highest BCUT2D eigenvalue weighted by molar-refractivity contribution is 5.00. The molecule has 0 bridgehead atoms. The second-order valence-corrected chi connectivity index (χ2v) is 5.81. The number of fused-ring (bicyclic) bond motifs is 1. The van der Waals surface area contributed by atoms with Gasteiger partial charge in [-0.25, -0.2) is 0 Å². The van der Waals surface area contributed by atoms with Crippen molar-refractivity contribution in [3.8, 4) is 0 Å². The van der Waals surface area contributed by atoms with E-state index in [2.05, 4.69) is 19.1 Å². The van der Waals surface area contributed by atoms with E-state index in [1.807, 2.05) is 13.8 Å². The third kappa shape index (κ3) is 3.57. The Morgan fingerprint density at radius 2 is 1.79 bits per heavy atom. The zero-order chi connectivity index (χ0) is 13.9. The highest BCUT2D eigenvalue weighted by Gasteiger charge is 2.54. The molecule has 0 aromatic carbocycles. The maximum atomic E-state index is 9.36. The van der Waals surface area contributed by atoms with Gasteiger partial charge in [-0.3, -0.25) is 0 Å². The first kappa shape index (κ1) is 15.0. The van der Waals surface area contributed by atoms with Gasteiger partial charge in [0.05, 0.1) is 12.7 Å². The smallest absolute Gasteiger partial charge is 0.164 e. The maximum absolute atomic E-state index is 9.36. The Kier molecular flexibility index (Phi) is 5.01. The minimum Gasteiger partial charge on any atom is -0.394 e. The fourth-order valence-corrected chi connectivity index (χ4v) is 2.78. The molecule has 0 radical (unpaired) electrons. The zero-order valence-corrected chi connectivity index (χ0v) is 12.2. The van der Waals surface area contributed by atoms with Crippen molar-refractivity contribution in [1.82, 2.24) is 0 Å². The minimum atomic E-state index is -0.573. The number of ether oxygens (including phenoxy) is 3. The van der Waals surface area contributed by atoms with E-state index in [0.717, 1.165) is 12.8 Å². The Labute approximate surface area is 115 Å². The molecule has 2 heterocycles. The molecule has 4 heteroatoms. The Balaban J connectivity index is 1.89. The van der Waals surface area contributed by atoms with Crippen molar-refractivity contribution >= 4 is 0 Å². The third-order valence-corrected chi connectivity index (χ3v) is 3.69. The fourth-order valence-electron chi connectivity index (χ4n) is 2.78. The number of aliphatic hydroxyl groups is 1. The predicted molar refractivity (Wildman–Crippen MR) is 72.9 cm³/mol. The van der Waals surface area contributed by atoms with E-state index in [1.165, 1.54) is 12.8 Å². The van der Waals surface area contributed by atoms with Gasteiger partial charge in [-0.15, -0.1) is 0 Å². The van der Waals surface area contributed by atoms with Gasteiger partial charge in [0.15, 0.2) is 5.79 Å². The molecule has 4 nitrogen and oxygen atoms in total. The van der Waals surface area contributed by atoms with Crippen molar-refractivity contribution in [3.05, 3.63) is 12.2 Å². The molecule has 0 spiro atoms. The van der Waals surface area contributed by atoms with Crippen LogP contribution in [0.3, 0.4) is 0 Å². The average Bonchev–Trinajstić information content (AvgIpc) is 2.83. The fraction of sp³-hybridized carbons (Fsp3) is 0.867. The normalized spacial score (nSPS) is 37.1. The van der Waals surface area contributed by atoms with Crippen molar-refractivity contribution < 1.29 is 19.3 Å². The van der Waals surface area contributed by atoms with Gasteiger partial charge in [0.1, 0.15) is 18.3 Å². The maximum Gasteiger partial charge on any atom is 0.164 e. The van der Waals surface area contributed by atoms with Gasteiger partial charge in [-0.05, 0) is 26.7 Å². The van der Waals surface area contributed by atoms with Gasteiger partial charge in [-0.1, -0.05) is 31.9 Å². The summed E-state index contributed by atoms with van der Waals surface area (Å²) in [6.07, 6.45) is 8.25. The first-order valence-corrected chi connectivity index (χ1v) is 7.34. The highest BCUT2D eigenvalue weighted by Crippen LogP contribution is 2.39. The predicted octanol–water partition coefficient (Wildman–Crippen LogP) is 2.40. The number of aliphatic hydroxyl groups excluding tert-OH is 1. The monoisotopic (exact) mass is 270 g/mol. The quantitative estimate of drug-likeness (QED) is 0.595. The van der Waals surface area contributed by atoms with Gasteiger partial charge in [0.25, 0.3) is 0 Å². The number of hydrogen-bond acceptors (Lipinski definition) is 4. The lowest BCUT2D eigenvalue weighted by molar-refractivity contribution is -0.189. The summed E-state index contributed by atoms with van der Waals surface area (Å²) < 4.78 is 17.5. The molecule has 2 aliphatic rings. The summed E-state index contributed by atoms with van der Waals surface area (Å²) in [5.74, 6) is -0.573. The first-order valence-electron chi connectivity index (χ1n) is 7.34. The van der Waals surface area contributed by atoms with E-state index in [1.54, 1.807) is 0 Å². The van der Waals surface area contributed by atoms with Crippen molar-refractivity contribution in [2.24, 2.45) is 0 Å². The molecule has 2 rings (SSSR count). The van der Waals surface area contributed by atoms with Crippen LogP contribution in [0.25, 0.3) is 0 Å². The van der Waals surface area contributed by atoms with Crippen molar-refractivity contribution in [2.75, 3.05) is 6.61 Å². The van der Waals surface area contributed by atoms with E-state index in [4.69, 9.17) is 14.2 Å². The molecule has 0 aromatic rings. The van der Waals surface area contributed by atoms with E-state index in [9.17, 15) is 5.11 Å². The molecule has 2 saturated heterocycles. The summed E-state index contributed by atoms with van der Waals surface area (Å²) in [7, 11) is 0.